The summed E-state index contributed by atoms with van der Waals surface area (Å²) in [7, 11) is 0. The summed E-state index contributed by atoms with van der Waals surface area (Å²) in [5.41, 5.74) is 2.22. The van der Waals surface area contributed by atoms with Crippen LogP contribution in [0.4, 0.5) is 5.69 Å². The van der Waals surface area contributed by atoms with E-state index >= 15 is 0 Å². The van der Waals surface area contributed by atoms with Gasteiger partial charge in [-0.15, -0.1) is 0 Å². The zero-order valence-corrected chi connectivity index (χ0v) is 12.9. The van der Waals surface area contributed by atoms with Crippen LogP contribution in [0.2, 0.25) is 0 Å². The largest absolute Gasteiger partial charge is 0.467 e. The highest BCUT2D eigenvalue weighted by Gasteiger charge is 1.98. The summed E-state index contributed by atoms with van der Waals surface area (Å²) >= 11 is 5.23. The van der Waals surface area contributed by atoms with Gasteiger partial charge in [-0.25, -0.2) is 0 Å². The van der Waals surface area contributed by atoms with Gasteiger partial charge in [0.15, 0.2) is 5.11 Å². The number of benzene rings is 1. The number of aryl methyl sites for hydroxylation is 1. The molecule has 1 heterocycles. The van der Waals surface area contributed by atoms with Crippen LogP contribution in [0.3, 0.4) is 0 Å². The topological polar surface area (TPSA) is 46.4 Å². The fraction of sp³-hybridized carbons (Fsp3) is 0.312. The maximum atomic E-state index is 5.49. The maximum Gasteiger partial charge on any atom is 0.170 e. The molecular weight excluding hydrogens is 284 g/mol. The molecule has 4 nitrogen and oxygen atoms in total. The number of nitrogens with one attached hydrogen (secondary N) is 2. The average molecular weight is 304 g/mol. The van der Waals surface area contributed by atoms with Gasteiger partial charge in [0.2, 0.25) is 0 Å². The summed E-state index contributed by atoms with van der Waals surface area (Å²) in [5.74, 6) is 0.847. The minimum absolute atomic E-state index is 0.513. The molecule has 0 bridgehead atoms. The van der Waals surface area contributed by atoms with Crippen LogP contribution in [-0.4, -0.2) is 18.3 Å². The molecule has 0 aliphatic heterocycles. The van der Waals surface area contributed by atoms with Crippen LogP contribution in [0.5, 0.6) is 0 Å². The first kappa shape index (κ1) is 15.5. The number of rotatable bonds is 7. The Labute approximate surface area is 130 Å². The van der Waals surface area contributed by atoms with Crippen molar-refractivity contribution in [2.24, 2.45) is 0 Å². The minimum atomic E-state index is 0.513. The van der Waals surface area contributed by atoms with E-state index in [1.54, 1.807) is 6.26 Å². The third kappa shape index (κ3) is 5.97. The zero-order valence-electron chi connectivity index (χ0n) is 12.1. The van der Waals surface area contributed by atoms with Gasteiger partial charge in [-0.05, 0) is 49.8 Å². The van der Waals surface area contributed by atoms with E-state index in [0.717, 1.165) is 24.4 Å². The summed E-state index contributed by atoms with van der Waals surface area (Å²) in [6, 6.07) is 11.9. The Bertz CT molecular complexity index is 538. The molecule has 2 N–H and O–H groups in total. The van der Waals surface area contributed by atoms with Gasteiger partial charge >= 0.3 is 0 Å². The summed E-state index contributed by atoms with van der Waals surface area (Å²) in [4.78, 5) is 0. The van der Waals surface area contributed by atoms with Crippen molar-refractivity contribution in [2.45, 2.75) is 20.0 Å². The highest BCUT2D eigenvalue weighted by Crippen LogP contribution is 2.08. The SMILES string of the molecule is Cc1ccc(NC(=S)NCCCOCc2ccco2)cc1. The molecule has 0 radical (unpaired) electrons. The Balaban J connectivity index is 1.54. The van der Waals surface area contributed by atoms with Gasteiger partial charge < -0.3 is 19.8 Å². The van der Waals surface area contributed by atoms with Crippen LogP contribution in [0.15, 0.2) is 47.1 Å². The molecule has 0 spiro atoms. The van der Waals surface area contributed by atoms with Crippen LogP contribution in [0.25, 0.3) is 0 Å². The van der Waals surface area contributed by atoms with Crippen molar-refractivity contribution in [2.75, 3.05) is 18.5 Å². The van der Waals surface area contributed by atoms with Crippen molar-refractivity contribution in [3.63, 3.8) is 0 Å². The lowest BCUT2D eigenvalue weighted by Crippen LogP contribution is -2.29. The number of thiocarbonyl (C=S) groups is 1. The number of anilines is 1. The van der Waals surface area contributed by atoms with E-state index < -0.39 is 0 Å². The molecule has 0 saturated heterocycles. The van der Waals surface area contributed by atoms with Crippen LogP contribution >= 0.6 is 12.2 Å². The first-order valence-corrected chi connectivity index (χ1v) is 7.36. The predicted octanol–water partition coefficient (Wildman–Crippen LogP) is 3.48. The fourth-order valence-electron chi connectivity index (χ4n) is 1.76. The smallest absolute Gasteiger partial charge is 0.170 e. The molecule has 1 aromatic carbocycles. The van der Waals surface area contributed by atoms with Crippen molar-refractivity contribution in [1.82, 2.24) is 5.32 Å². The first-order chi connectivity index (χ1) is 10.2. The Kier molecular flexibility index (Phi) is 6.24. The highest BCUT2D eigenvalue weighted by atomic mass is 32.1. The average Bonchev–Trinajstić information content (AvgIpc) is 2.98. The minimum Gasteiger partial charge on any atom is -0.467 e. The van der Waals surface area contributed by atoms with E-state index in [1.807, 2.05) is 36.4 Å². The molecule has 0 atom stereocenters. The summed E-state index contributed by atoms with van der Waals surface area (Å²) < 4.78 is 10.7. The van der Waals surface area contributed by atoms with Crippen LogP contribution in [-0.2, 0) is 11.3 Å². The molecule has 1 aromatic heterocycles. The third-order valence-corrected chi connectivity index (χ3v) is 3.13. The van der Waals surface area contributed by atoms with Crippen molar-refractivity contribution in [3.8, 4) is 0 Å². The van der Waals surface area contributed by atoms with Gasteiger partial charge in [-0.1, -0.05) is 17.7 Å². The summed E-state index contributed by atoms with van der Waals surface area (Å²) in [6.07, 6.45) is 2.53. The summed E-state index contributed by atoms with van der Waals surface area (Å²) in [5, 5.41) is 6.93. The number of hydrogen-bond acceptors (Lipinski definition) is 3. The quantitative estimate of drug-likeness (QED) is 0.606. The Morgan fingerprint density at radius 1 is 1.24 bits per heavy atom. The lowest BCUT2D eigenvalue weighted by atomic mass is 10.2. The Hall–Kier alpha value is -1.85. The number of furan rings is 1. The third-order valence-electron chi connectivity index (χ3n) is 2.88. The molecule has 0 aliphatic rings. The van der Waals surface area contributed by atoms with Crippen molar-refractivity contribution >= 4 is 23.0 Å². The van der Waals surface area contributed by atoms with Gasteiger partial charge in [-0.3, -0.25) is 0 Å². The van der Waals surface area contributed by atoms with Crippen LogP contribution in [0, 0.1) is 6.92 Å². The van der Waals surface area contributed by atoms with Crippen LogP contribution in [0.1, 0.15) is 17.7 Å². The van der Waals surface area contributed by atoms with E-state index in [0.29, 0.717) is 18.3 Å². The molecule has 0 aliphatic carbocycles. The van der Waals surface area contributed by atoms with Gasteiger partial charge in [0, 0.05) is 18.8 Å². The van der Waals surface area contributed by atoms with E-state index in [4.69, 9.17) is 21.4 Å². The molecule has 0 unspecified atom stereocenters. The van der Waals surface area contributed by atoms with Gasteiger partial charge in [0.05, 0.1) is 6.26 Å². The predicted molar refractivity (Wildman–Crippen MR) is 88.4 cm³/mol. The lowest BCUT2D eigenvalue weighted by Gasteiger charge is -2.10. The molecule has 112 valence electrons. The van der Waals surface area contributed by atoms with Crippen LogP contribution < -0.4 is 10.6 Å². The monoisotopic (exact) mass is 304 g/mol. The molecule has 21 heavy (non-hydrogen) atoms. The molecular formula is C16H20N2O2S. The van der Waals surface area contributed by atoms with Gasteiger partial charge in [0.1, 0.15) is 12.4 Å². The van der Waals surface area contributed by atoms with Crippen molar-refractivity contribution < 1.29 is 9.15 Å². The zero-order chi connectivity index (χ0) is 14.9. The van der Waals surface area contributed by atoms with E-state index in [1.165, 1.54) is 5.56 Å². The Morgan fingerprint density at radius 2 is 2.05 bits per heavy atom. The molecule has 0 fully saturated rings. The molecule has 0 amide bonds. The molecule has 5 heteroatoms. The second-order valence-corrected chi connectivity index (χ2v) is 5.14. The van der Waals surface area contributed by atoms with Gasteiger partial charge in [0.25, 0.3) is 0 Å². The van der Waals surface area contributed by atoms with Gasteiger partial charge in [-0.2, -0.15) is 0 Å². The number of ether oxygens (including phenoxy) is 1. The second kappa shape index (κ2) is 8.44. The standard InChI is InChI=1S/C16H20N2O2S/c1-13-5-7-14(8-6-13)18-16(21)17-9-3-10-19-12-15-4-2-11-20-15/h2,4-8,11H,3,9-10,12H2,1H3,(H2,17,18,21). The molecule has 0 saturated carbocycles. The molecule has 2 aromatic rings. The first-order valence-electron chi connectivity index (χ1n) is 6.96. The maximum absolute atomic E-state index is 5.49. The van der Waals surface area contributed by atoms with Crippen molar-refractivity contribution in [3.05, 3.63) is 54.0 Å². The normalized spacial score (nSPS) is 10.3. The lowest BCUT2D eigenvalue weighted by molar-refractivity contribution is 0.105. The second-order valence-electron chi connectivity index (χ2n) is 4.73. The fourth-order valence-corrected chi connectivity index (χ4v) is 1.98. The highest BCUT2D eigenvalue weighted by molar-refractivity contribution is 7.80. The Morgan fingerprint density at radius 3 is 2.76 bits per heavy atom. The number of hydrogen-bond donors (Lipinski definition) is 2. The van der Waals surface area contributed by atoms with E-state index in [2.05, 4.69) is 17.6 Å². The van der Waals surface area contributed by atoms with E-state index in [9.17, 15) is 0 Å². The summed E-state index contributed by atoms with van der Waals surface area (Å²) in [6.45, 7) is 4.01. The van der Waals surface area contributed by atoms with E-state index in [-0.39, 0.29) is 0 Å². The molecule has 2 rings (SSSR count). The van der Waals surface area contributed by atoms with Crippen molar-refractivity contribution in [1.29, 1.82) is 0 Å².